The number of benzene rings is 1. The van der Waals surface area contributed by atoms with Gasteiger partial charge in [0.1, 0.15) is 0 Å². The number of nitrogens with one attached hydrogen (secondary N) is 1. The minimum atomic E-state index is -0.0600. The first-order valence-corrected chi connectivity index (χ1v) is 8.39. The Hall–Kier alpha value is -2.18. The second kappa shape index (κ2) is 7.39. The van der Waals surface area contributed by atoms with E-state index in [1.807, 2.05) is 29.0 Å². The Morgan fingerprint density at radius 2 is 2.04 bits per heavy atom. The molecule has 2 heterocycles. The molecule has 1 aromatic carbocycles. The molecule has 118 valence electrons. The van der Waals surface area contributed by atoms with Gasteiger partial charge in [-0.25, -0.2) is 0 Å². The van der Waals surface area contributed by atoms with E-state index in [9.17, 15) is 4.79 Å². The van der Waals surface area contributed by atoms with E-state index >= 15 is 0 Å². The SMILES string of the molecule is O=C(CCc1nnc(-c2ccsc2)o1)NCc1ccc(Cl)cc1. The quantitative estimate of drug-likeness (QED) is 0.738. The molecule has 5 nitrogen and oxygen atoms in total. The number of carbonyl (C=O) groups excluding carboxylic acids is 1. The molecule has 0 radical (unpaired) electrons. The number of aromatic nitrogens is 2. The lowest BCUT2D eigenvalue weighted by Crippen LogP contribution is -2.23. The molecule has 0 aliphatic heterocycles. The van der Waals surface area contributed by atoms with Gasteiger partial charge in [-0.2, -0.15) is 11.3 Å². The molecule has 0 aliphatic rings. The van der Waals surface area contributed by atoms with E-state index in [4.69, 9.17) is 16.0 Å². The van der Waals surface area contributed by atoms with Crippen LogP contribution in [0.25, 0.3) is 11.5 Å². The Morgan fingerprint density at radius 1 is 1.22 bits per heavy atom. The minimum Gasteiger partial charge on any atom is -0.421 e. The molecule has 1 amide bonds. The molecule has 3 aromatic rings. The highest BCUT2D eigenvalue weighted by Crippen LogP contribution is 2.20. The highest BCUT2D eigenvalue weighted by atomic mass is 35.5. The predicted molar refractivity (Wildman–Crippen MR) is 89.2 cm³/mol. The smallest absolute Gasteiger partial charge is 0.248 e. The summed E-state index contributed by atoms with van der Waals surface area (Å²) in [4.78, 5) is 11.9. The molecule has 0 aliphatic carbocycles. The number of thiophene rings is 1. The van der Waals surface area contributed by atoms with Crippen molar-refractivity contribution in [2.75, 3.05) is 0 Å². The summed E-state index contributed by atoms with van der Waals surface area (Å²) in [7, 11) is 0. The van der Waals surface area contributed by atoms with Crippen molar-refractivity contribution in [1.82, 2.24) is 15.5 Å². The van der Waals surface area contributed by atoms with Crippen LogP contribution in [0.2, 0.25) is 5.02 Å². The molecule has 0 saturated heterocycles. The van der Waals surface area contributed by atoms with Gasteiger partial charge >= 0.3 is 0 Å². The number of nitrogens with zero attached hydrogens (tertiary/aromatic N) is 2. The predicted octanol–water partition coefficient (Wildman–Crippen LogP) is 3.70. The van der Waals surface area contributed by atoms with E-state index < -0.39 is 0 Å². The third-order valence-corrected chi connectivity index (χ3v) is 4.14. The second-order valence-corrected chi connectivity index (χ2v) is 6.13. The van der Waals surface area contributed by atoms with Gasteiger partial charge in [-0.15, -0.1) is 10.2 Å². The molecular formula is C16H14ClN3O2S. The van der Waals surface area contributed by atoms with Gasteiger partial charge in [-0.05, 0) is 29.1 Å². The largest absolute Gasteiger partial charge is 0.421 e. The van der Waals surface area contributed by atoms with Crippen molar-refractivity contribution in [1.29, 1.82) is 0 Å². The lowest BCUT2D eigenvalue weighted by Gasteiger charge is -2.04. The Kier molecular flexibility index (Phi) is 5.05. The van der Waals surface area contributed by atoms with Crippen LogP contribution in [0.3, 0.4) is 0 Å². The van der Waals surface area contributed by atoms with E-state index in [0.29, 0.717) is 36.2 Å². The maximum Gasteiger partial charge on any atom is 0.248 e. The van der Waals surface area contributed by atoms with E-state index in [2.05, 4.69) is 15.5 Å². The van der Waals surface area contributed by atoms with Crippen molar-refractivity contribution in [2.45, 2.75) is 19.4 Å². The van der Waals surface area contributed by atoms with Crippen molar-refractivity contribution in [3.63, 3.8) is 0 Å². The normalized spacial score (nSPS) is 10.7. The third kappa shape index (κ3) is 4.40. The topological polar surface area (TPSA) is 68.0 Å². The molecule has 0 saturated carbocycles. The van der Waals surface area contributed by atoms with Gasteiger partial charge in [-0.3, -0.25) is 4.79 Å². The van der Waals surface area contributed by atoms with Gasteiger partial charge in [0, 0.05) is 35.4 Å². The first-order chi connectivity index (χ1) is 11.2. The van der Waals surface area contributed by atoms with E-state index in [1.165, 1.54) is 0 Å². The third-order valence-electron chi connectivity index (χ3n) is 3.20. The highest BCUT2D eigenvalue weighted by Gasteiger charge is 2.10. The first kappa shape index (κ1) is 15.7. The summed E-state index contributed by atoms with van der Waals surface area (Å²) < 4.78 is 5.54. The fourth-order valence-electron chi connectivity index (χ4n) is 1.97. The zero-order chi connectivity index (χ0) is 16.1. The minimum absolute atomic E-state index is 0.0600. The number of carbonyl (C=O) groups is 1. The van der Waals surface area contributed by atoms with Gasteiger partial charge < -0.3 is 9.73 Å². The lowest BCUT2D eigenvalue weighted by atomic mass is 10.2. The fourth-order valence-corrected chi connectivity index (χ4v) is 2.72. The Balaban J connectivity index is 1.46. The monoisotopic (exact) mass is 347 g/mol. The second-order valence-electron chi connectivity index (χ2n) is 4.92. The number of amides is 1. The van der Waals surface area contributed by atoms with Crippen molar-refractivity contribution in [2.24, 2.45) is 0 Å². The van der Waals surface area contributed by atoms with Crippen molar-refractivity contribution >= 4 is 28.8 Å². The number of rotatable bonds is 6. The van der Waals surface area contributed by atoms with Crippen molar-refractivity contribution < 1.29 is 9.21 Å². The van der Waals surface area contributed by atoms with Crippen LogP contribution in [0.1, 0.15) is 17.9 Å². The standard InChI is InChI=1S/C16H14ClN3O2S/c17-13-3-1-11(2-4-13)9-18-14(21)5-6-15-19-20-16(22-15)12-7-8-23-10-12/h1-4,7-8,10H,5-6,9H2,(H,18,21). The Morgan fingerprint density at radius 3 is 2.78 bits per heavy atom. The molecule has 2 aromatic heterocycles. The number of aryl methyl sites for hydroxylation is 1. The van der Waals surface area contributed by atoms with Crippen LogP contribution in [0, 0.1) is 0 Å². The molecule has 0 spiro atoms. The van der Waals surface area contributed by atoms with Crippen molar-refractivity contribution in [3.8, 4) is 11.5 Å². The summed E-state index contributed by atoms with van der Waals surface area (Å²) in [5, 5.41) is 15.4. The average Bonchev–Trinajstić information content (AvgIpc) is 3.23. The summed E-state index contributed by atoms with van der Waals surface area (Å²) >= 11 is 7.39. The first-order valence-electron chi connectivity index (χ1n) is 7.07. The molecule has 7 heteroatoms. The Bertz CT molecular complexity index is 769. The van der Waals surface area contributed by atoms with Crippen LogP contribution in [-0.4, -0.2) is 16.1 Å². The maximum absolute atomic E-state index is 11.9. The summed E-state index contributed by atoms with van der Waals surface area (Å²) in [5.41, 5.74) is 1.90. The zero-order valence-corrected chi connectivity index (χ0v) is 13.7. The number of hydrogen-bond acceptors (Lipinski definition) is 5. The average molecular weight is 348 g/mol. The van der Waals surface area contributed by atoms with Crippen LogP contribution in [0.15, 0.2) is 45.5 Å². The lowest BCUT2D eigenvalue weighted by molar-refractivity contribution is -0.121. The molecule has 0 unspecified atom stereocenters. The summed E-state index contributed by atoms with van der Waals surface area (Å²) in [6.45, 7) is 0.472. The molecule has 23 heavy (non-hydrogen) atoms. The van der Waals surface area contributed by atoms with Crippen LogP contribution in [-0.2, 0) is 17.8 Å². The van der Waals surface area contributed by atoms with E-state index in [-0.39, 0.29) is 5.91 Å². The summed E-state index contributed by atoms with van der Waals surface area (Å²) in [6.07, 6.45) is 0.725. The fraction of sp³-hybridized carbons (Fsp3) is 0.188. The number of halogens is 1. The van der Waals surface area contributed by atoms with Crippen molar-refractivity contribution in [3.05, 3.63) is 57.6 Å². The van der Waals surface area contributed by atoms with Gasteiger partial charge in [0.15, 0.2) is 0 Å². The molecule has 1 N–H and O–H groups in total. The van der Waals surface area contributed by atoms with Crippen LogP contribution < -0.4 is 5.32 Å². The molecule has 3 rings (SSSR count). The Labute approximate surface area is 142 Å². The summed E-state index contributed by atoms with van der Waals surface area (Å²) in [6, 6.07) is 9.28. The number of hydrogen-bond donors (Lipinski definition) is 1. The molecule has 0 fully saturated rings. The maximum atomic E-state index is 11.9. The van der Waals surface area contributed by atoms with Gasteiger partial charge in [0.05, 0.1) is 0 Å². The van der Waals surface area contributed by atoms with Crippen LogP contribution in [0.5, 0.6) is 0 Å². The van der Waals surface area contributed by atoms with Gasteiger partial charge in [-0.1, -0.05) is 23.7 Å². The van der Waals surface area contributed by atoms with Crippen LogP contribution >= 0.6 is 22.9 Å². The van der Waals surface area contributed by atoms with E-state index in [0.717, 1.165) is 11.1 Å². The zero-order valence-electron chi connectivity index (χ0n) is 12.2. The molecular weight excluding hydrogens is 334 g/mol. The van der Waals surface area contributed by atoms with E-state index in [1.54, 1.807) is 23.5 Å². The van der Waals surface area contributed by atoms with Gasteiger partial charge in [0.2, 0.25) is 17.7 Å². The molecule has 0 atom stereocenters. The van der Waals surface area contributed by atoms with Gasteiger partial charge in [0.25, 0.3) is 0 Å². The molecule has 0 bridgehead atoms. The van der Waals surface area contributed by atoms with Crippen LogP contribution in [0.4, 0.5) is 0 Å². The highest BCUT2D eigenvalue weighted by molar-refractivity contribution is 7.08. The summed E-state index contributed by atoms with van der Waals surface area (Å²) in [5.74, 6) is 0.894.